The van der Waals surface area contributed by atoms with Gasteiger partial charge in [-0.1, -0.05) is 0 Å². The van der Waals surface area contributed by atoms with Crippen molar-refractivity contribution in [1.82, 2.24) is 19.9 Å². The van der Waals surface area contributed by atoms with E-state index in [0.717, 1.165) is 30.9 Å². The minimum Gasteiger partial charge on any atom is -0.487 e. The Bertz CT molecular complexity index is 1090. The zero-order valence-corrected chi connectivity index (χ0v) is 18.6. The highest BCUT2D eigenvalue weighted by Crippen LogP contribution is 2.41. The van der Waals surface area contributed by atoms with Gasteiger partial charge in [-0.05, 0) is 19.8 Å². The molecule has 34 heavy (non-hydrogen) atoms. The normalized spacial score (nSPS) is 24.9. The van der Waals surface area contributed by atoms with Crippen molar-refractivity contribution in [2.45, 2.75) is 63.1 Å². The predicted octanol–water partition coefficient (Wildman–Crippen LogP) is 1.79. The van der Waals surface area contributed by atoms with Crippen LogP contribution in [0.4, 0.5) is 30.6 Å². The molecule has 1 fully saturated rings. The molecule has 0 unspecified atom stereocenters. The van der Waals surface area contributed by atoms with Gasteiger partial charge < -0.3 is 25.0 Å². The highest BCUT2D eigenvalue weighted by atomic mass is 19.4. The first-order chi connectivity index (χ1) is 16.1. The number of amides is 1. The Balaban J connectivity index is 1.26. The number of halogens is 3. The van der Waals surface area contributed by atoms with Crippen molar-refractivity contribution in [3.05, 3.63) is 23.9 Å². The Kier molecular flexibility index (Phi) is 5.46. The first-order valence-electron chi connectivity index (χ1n) is 11.1. The number of carbonyl (C=O) groups excluding carboxylic acids is 1. The first-order valence-corrected chi connectivity index (χ1v) is 11.1. The average molecular weight is 479 g/mol. The van der Waals surface area contributed by atoms with Crippen LogP contribution in [0, 0.1) is 0 Å². The number of nitrogens with zero attached hydrogens (tertiary/aromatic N) is 6. The van der Waals surface area contributed by atoms with Gasteiger partial charge in [0.05, 0.1) is 24.2 Å². The monoisotopic (exact) mass is 479 g/mol. The van der Waals surface area contributed by atoms with Gasteiger partial charge in [0.25, 0.3) is 5.91 Å². The highest BCUT2D eigenvalue weighted by Gasteiger charge is 2.43. The van der Waals surface area contributed by atoms with Gasteiger partial charge in [0, 0.05) is 32.5 Å². The van der Waals surface area contributed by atoms with E-state index in [0.29, 0.717) is 36.8 Å². The van der Waals surface area contributed by atoms with Gasteiger partial charge in [-0.3, -0.25) is 4.79 Å². The predicted molar refractivity (Wildman–Crippen MR) is 115 cm³/mol. The molecular weight excluding hydrogens is 455 g/mol. The van der Waals surface area contributed by atoms with Crippen LogP contribution in [0.25, 0.3) is 0 Å². The first kappa shape index (κ1) is 22.6. The smallest absolute Gasteiger partial charge is 0.451 e. The van der Waals surface area contributed by atoms with Crippen molar-refractivity contribution in [3.8, 4) is 5.75 Å². The molecule has 13 heteroatoms. The number of aryl methyl sites for hydroxylation is 1. The number of alkyl halides is 3. The van der Waals surface area contributed by atoms with Crippen molar-refractivity contribution in [1.29, 1.82) is 0 Å². The van der Waals surface area contributed by atoms with Gasteiger partial charge in [-0.25, -0.2) is 15.0 Å². The molecule has 0 bridgehead atoms. The fourth-order valence-electron chi connectivity index (χ4n) is 4.65. The Morgan fingerprint density at radius 1 is 1.24 bits per heavy atom. The van der Waals surface area contributed by atoms with Gasteiger partial charge in [0.15, 0.2) is 11.6 Å². The van der Waals surface area contributed by atoms with Crippen LogP contribution >= 0.6 is 0 Å². The summed E-state index contributed by atoms with van der Waals surface area (Å²) in [5.41, 5.74) is 1.50. The molecule has 0 saturated heterocycles. The lowest BCUT2D eigenvalue weighted by Crippen LogP contribution is -2.58. The fourth-order valence-corrected chi connectivity index (χ4v) is 4.65. The second kappa shape index (κ2) is 8.22. The molecule has 5 rings (SSSR count). The SMILES string of the molecule is C[C@@H](O)[C@H]1C(=O)N2CCCc3nc(N[C@H]4C[C@@H](Oc5cnc(C(F)(F)F)nc5)C4)nc(c32)N1C. The van der Waals surface area contributed by atoms with Crippen molar-refractivity contribution >= 4 is 23.4 Å². The molecule has 2 aromatic heterocycles. The Morgan fingerprint density at radius 3 is 2.59 bits per heavy atom. The van der Waals surface area contributed by atoms with Crippen LogP contribution in [0.5, 0.6) is 5.75 Å². The van der Waals surface area contributed by atoms with Crippen molar-refractivity contribution < 1.29 is 27.8 Å². The van der Waals surface area contributed by atoms with Gasteiger partial charge in [0.2, 0.25) is 11.8 Å². The highest BCUT2D eigenvalue weighted by molar-refractivity contribution is 6.06. The van der Waals surface area contributed by atoms with Crippen molar-refractivity contribution in [3.63, 3.8) is 0 Å². The van der Waals surface area contributed by atoms with E-state index >= 15 is 0 Å². The van der Waals surface area contributed by atoms with Crippen LogP contribution in [-0.4, -0.2) is 68.8 Å². The largest absolute Gasteiger partial charge is 0.487 e. The number of hydrogen-bond donors (Lipinski definition) is 2. The maximum absolute atomic E-state index is 12.9. The molecule has 1 saturated carbocycles. The lowest BCUT2D eigenvalue weighted by Gasteiger charge is -2.43. The molecule has 2 aromatic rings. The molecule has 0 spiro atoms. The van der Waals surface area contributed by atoms with Crippen molar-refractivity contribution in [2.24, 2.45) is 0 Å². The summed E-state index contributed by atoms with van der Waals surface area (Å²) in [4.78, 5) is 32.2. The lowest BCUT2D eigenvalue weighted by atomic mass is 9.89. The number of rotatable bonds is 5. The van der Waals surface area contributed by atoms with Crippen LogP contribution in [0.15, 0.2) is 12.4 Å². The maximum atomic E-state index is 12.9. The van der Waals surface area contributed by atoms with Gasteiger partial charge >= 0.3 is 6.18 Å². The summed E-state index contributed by atoms with van der Waals surface area (Å²) >= 11 is 0. The minimum absolute atomic E-state index is 0.0217. The number of aromatic nitrogens is 4. The third-order valence-corrected chi connectivity index (χ3v) is 6.34. The second-order valence-electron chi connectivity index (χ2n) is 8.85. The number of anilines is 3. The van der Waals surface area contributed by atoms with E-state index in [-0.39, 0.29) is 23.8 Å². The van der Waals surface area contributed by atoms with Crippen LogP contribution < -0.4 is 19.9 Å². The number of aliphatic hydroxyl groups is 1. The summed E-state index contributed by atoms with van der Waals surface area (Å²) in [5.74, 6) is -0.137. The molecule has 182 valence electrons. The molecule has 0 radical (unpaired) electrons. The van der Waals surface area contributed by atoms with Gasteiger partial charge in [0.1, 0.15) is 17.8 Å². The number of hydrogen-bond acceptors (Lipinski definition) is 9. The van der Waals surface area contributed by atoms with E-state index in [9.17, 15) is 23.1 Å². The summed E-state index contributed by atoms with van der Waals surface area (Å²) in [6.45, 7) is 2.16. The number of aliphatic hydroxyl groups excluding tert-OH is 1. The van der Waals surface area contributed by atoms with Crippen LogP contribution in [0.3, 0.4) is 0 Å². The van der Waals surface area contributed by atoms with Crippen molar-refractivity contribution in [2.75, 3.05) is 28.7 Å². The number of ether oxygens (including phenoxy) is 1. The van der Waals surface area contributed by atoms with Crippen LogP contribution in [0.2, 0.25) is 0 Å². The summed E-state index contributed by atoms with van der Waals surface area (Å²) in [7, 11) is 1.74. The standard InChI is InChI=1S/C21H24F3N7O3/c1-10(32)15-18(33)31-5-3-4-14-16(31)17(30(15)2)29-20(28-14)27-11-6-12(7-11)34-13-8-25-19(26-9-13)21(22,23)24/h8-12,15,32H,3-7H2,1-2H3,(H,27,28,29)/t10-,11-,12+,15+/m1/s1. The van der Waals surface area contributed by atoms with Crippen LogP contribution in [-0.2, 0) is 17.4 Å². The van der Waals surface area contributed by atoms with E-state index in [2.05, 4.69) is 25.3 Å². The molecule has 2 aliphatic heterocycles. The number of carbonyl (C=O) groups is 1. The van der Waals surface area contributed by atoms with Crippen LogP contribution in [0.1, 0.15) is 37.7 Å². The molecule has 2 N–H and O–H groups in total. The Morgan fingerprint density at radius 2 is 1.94 bits per heavy atom. The van der Waals surface area contributed by atoms with E-state index in [4.69, 9.17) is 4.74 Å². The van der Waals surface area contributed by atoms with Gasteiger partial charge in [-0.15, -0.1) is 0 Å². The molecule has 10 nitrogen and oxygen atoms in total. The molecule has 1 amide bonds. The summed E-state index contributed by atoms with van der Waals surface area (Å²) in [5, 5.41) is 13.5. The third kappa shape index (κ3) is 3.97. The van der Waals surface area contributed by atoms with Gasteiger partial charge in [-0.2, -0.15) is 18.2 Å². The molecular formula is C21H24F3N7O3. The lowest BCUT2D eigenvalue weighted by molar-refractivity contribution is -0.145. The maximum Gasteiger partial charge on any atom is 0.451 e. The van der Waals surface area contributed by atoms with E-state index in [1.807, 2.05) is 0 Å². The molecule has 2 atom stereocenters. The summed E-state index contributed by atoms with van der Waals surface area (Å²) in [6.07, 6.45) is -0.886. The molecule has 4 heterocycles. The van der Waals surface area contributed by atoms with E-state index in [1.54, 1.807) is 23.8 Å². The Hall–Kier alpha value is -3.22. The topological polar surface area (TPSA) is 117 Å². The Labute approximate surface area is 193 Å². The summed E-state index contributed by atoms with van der Waals surface area (Å²) < 4.78 is 43.4. The third-order valence-electron chi connectivity index (χ3n) is 6.34. The zero-order valence-electron chi connectivity index (χ0n) is 18.6. The van der Waals surface area contributed by atoms with E-state index in [1.165, 1.54) is 0 Å². The molecule has 3 aliphatic rings. The minimum atomic E-state index is -4.59. The quantitative estimate of drug-likeness (QED) is 0.662. The number of nitrogens with one attached hydrogen (secondary N) is 1. The molecule has 1 aliphatic carbocycles. The summed E-state index contributed by atoms with van der Waals surface area (Å²) in [6, 6.07) is -0.693. The molecule has 0 aromatic carbocycles. The second-order valence-corrected chi connectivity index (χ2v) is 8.85. The average Bonchev–Trinajstić information content (AvgIpc) is 2.75. The fraction of sp³-hybridized carbons (Fsp3) is 0.571. The van der Waals surface area contributed by atoms with E-state index < -0.39 is 24.1 Å². The number of likely N-dealkylation sites (N-methyl/N-ethyl adjacent to an activating group) is 1. The zero-order chi connectivity index (χ0) is 24.2.